The molecule has 3 aliphatic heterocycles. The Morgan fingerprint density at radius 3 is 1.59 bits per heavy atom. The third-order valence-corrected chi connectivity index (χ3v) is 17.5. The molecule has 1 aliphatic carbocycles. The molecular formula is C75H60F4N10O13. The van der Waals surface area contributed by atoms with E-state index in [9.17, 15) is 76.7 Å². The summed E-state index contributed by atoms with van der Waals surface area (Å²) in [7, 11) is 0. The Kier molecular flexibility index (Phi) is 19.9. The summed E-state index contributed by atoms with van der Waals surface area (Å²) in [6, 6.07) is 40.6. The van der Waals surface area contributed by atoms with Gasteiger partial charge in [0.15, 0.2) is 5.43 Å². The van der Waals surface area contributed by atoms with Gasteiger partial charge in [-0.25, -0.2) is 22.4 Å². The first kappa shape index (κ1) is 69.1. The van der Waals surface area contributed by atoms with Crippen LogP contribution in [-0.2, 0) is 14.4 Å². The lowest BCUT2D eigenvalue weighted by atomic mass is 9.89. The van der Waals surface area contributed by atoms with Crippen LogP contribution >= 0.6 is 0 Å². The molecule has 2 atom stereocenters. The summed E-state index contributed by atoms with van der Waals surface area (Å²) in [5, 5.41) is 48.4. The molecule has 2 saturated heterocycles. The van der Waals surface area contributed by atoms with E-state index in [4.69, 9.17) is 13.9 Å². The third-order valence-electron chi connectivity index (χ3n) is 17.5. The van der Waals surface area contributed by atoms with Crippen molar-refractivity contribution in [3.8, 4) is 74.1 Å². The highest BCUT2D eigenvalue weighted by Gasteiger charge is 2.48. The molecule has 8 aromatic rings. The zero-order chi connectivity index (χ0) is 72.0. The number of phenolic OH excluding ortho intramolecular Hbond substituents is 1. The number of hydrogen-bond donors (Lipinski definition) is 5. The van der Waals surface area contributed by atoms with Crippen LogP contribution in [-0.4, -0.2) is 159 Å². The number of amides is 6. The van der Waals surface area contributed by atoms with Crippen LogP contribution in [0.1, 0.15) is 67.1 Å². The minimum absolute atomic E-state index is 0.00282. The van der Waals surface area contributed by atoms with Gasteiger partial charge in [-0.1, -0.05) is 36.4 Å². The van der Waals surface area contributed by atoms with Gasteiger partial charge in [0.1, 0.15) is 40.7 Å². The Morgan fingerprint density at radius 1 is 0.569 bits per heavy atom. The number of ether oxygens (including phenoxy) is 2. The number of aromatic nitrogens is 2. The quantitative estimate of drug-likeness (QED) is 0.0226. The van der Waals surface area contributed by atoms with E-state index < -0.39 is 111 Å². The first-order valence-electron chi connectivity index (χ1n) is 32.1. The Bertz CT molecular complexity index is 4900. The monoisotopic (exact) mass is 1380 g/mol. The van der Waals surface area contributed by atoms with E-state index in [2.05, 4.69) is 25.9 Å². The van der Waals surface area contributed by atoms with E-state index in [1.807, 2.05) is 12.1 Å². The number of carboxylic acids is 1. The highest BCUT2D eigenvalue weighted by Crippen LogP contribution is 2.43. The van der Waals surface area contributed by atoms with E-state index in [-0.39, 0.29) is 76.6 Å². The van der Waals surface area contributed by atoms with Crippen LogP contribution in [0.3, 0.4) is 0 Å². The maximum atomic E-state index is 14.3. The molecule has 0 bridgehead atoms. The number of phenols is 1. The summed E-state index contributed by atoms with van der Waals surface area (Å²) in [5.74, 6) is -11.0. The molecule has 6 amide bonds. The number of likely N-dealkylation sites (tertiary alicyclic amines) is 2. The minimum Gasteiger partial charge on any atom is -0.508 e. The zero-order valence-corrected chi connectivity index (χ0v) is 54.0. The Balaban J connectivity index is 0.705. The summed E-state index contributed by atoms with van der Waals surface area (Å²) in [4.78, 5) is 118. The second-order valence-corrected chi connectivity index (χ2v) is 24.4. The lowest BCUT2D eigenvalue weighted by Crippen LogP contribution is -2.43. The summed E-state index contributed by atoms with van der Waals surface area (Å²) < 4.78 is 74.4. The molecule has 6 aromatic carbocycles. The minimum atomic E-state index is -3.22. The molecule has 0 spiro atoms. The maximum absolute atomic E-state index is 14.3. The number of pyridine rings is 2. The molecule has 27 heteroatoms. The van der Waals surface area contributed by atoms with Crippen LogP contribution in [0, 0.1) is 22.7 Å². The van der Waals surface area contributed by atoms with Gasteiger partial charge in [0.25, 0.3) is 29.6 Å². The first-order valence-corrected chi connectivity index (χ1v) is 32.1. The third kappa shape index (κ3) is 15.4. The Morgan fingerprint density at radius 2 is 1.08 bits per heavy atom. The molecule has 2 fully saturated rings. The molecule has 4 aliphatic rings. The molecule has 5 N–H and O–H groups in total. The molecule has 0 radical (unpaired) electrons. The van der Waals surface area contributed by atoms with Gasteiger partial charge in [-0.2, -0.15) is 10.5 Å². The number of nitrogens with zero attached hydrogens (tertiary/aromatic N) is 7. The van der Waals surface area contributed by atoms with Crippen molar-refractivity contribution in [1.82, 2.24) is 40.6 Å². The highest BCUT2D eigenvalue weighted by atomic mass is 19.3. The van der Waals surface area contributed by atoms with Gasteiger partial charge in [0.2, 0.25) is 17.7 Å². The molecular weight excluding hydrogens is 1320 g/mol. The molecule has 516 valence electrons. The number of benzene rings is 7. The van der Waals surface area contributed by atoms with Crippen LogP contribution in [0.15, 0.2) is 173 Å². The lowest BCUT2D eigenvalue weighted by molar-refractivity contribution is -0.132. The molecule has 0 saturated carbocycles. The predicted molar refractivity (Wildman–Crippen MR) is 363 cm³/mol. The van der Waals surface area contributed by atoms with Crippen molar-refractivity contribution in [3.05, 3.63) is 197 Å². The molecule has 2 aromatic heterocycles. The van der Waals surface area contributed by atoms with Crippen molar-refractivity contribution in [3.63, 3.8) is 0 Å². The van der Waals surface area contributed by atoms with Crippen molar-refractivity contribution >= 4 is 74.2 Å². The average molecular weight is 1390 g/mol. The standard InChI is InChI=1S/C75H60F4N10O13/c76-74(77)34-48(36-80)88(41-74)67(93)39-85-71(96)54-21-23-82-62-19-8-45(29-59(54)62)43-3-12-52(13-4-43)100-27-1-25-87(66(92)38-84-70(95)47-7-16-56(73(98)99)61(31-47)69-57-17-10-50(90)32-64(57)102-65-33-51(91)11-18-58(65)69)26-2-28-101-53-14-5-44(6-15-53)46-9-20-63-60(30-46)55(22-24-83-63)72(97)86-40-68(94)89-42-75(78,79)35-49(89)37-81/h3-24,29-33,48-49,90H,1-2,25-28,34-35,38-42H2,(H,84,95)(H,85,96)(H,86,97)(H,98,99)/t48-,49-/m0/s1. The van der Waals surface area contributed by atoms with Crippen molar-refractivity contribution in [1.29, 1.82) is 10.5 Å². The fraction of sp³-hybridized carbons (Fsp3) is 0.227. The number of carbonyl (C=O) groups is 7. The number of alkyl halides is 4. The number of nitrogens with one attached hydrogen (secondary N) is 3. The van der Waals surface area contributed by atoms with E-state index >= 15 is 0 Å². The first-order chi connectivity index (χ1) is 49.0. The number of fused-ring (bicyclic) bond motifs is 4. The summed E-state index contributed by atoms with van der Waals surface area (Å²) in [6.07, 6.45) is 1.92. The van der Waals surface area contributed by atoms with Gasteiger partial charge in [-0.15, -0.1) is 0 Å². The van der Waals surface area contributed by atoms with E-state index in [0.717, 1.165) is 20.9 Å². The number of halogens is 4. The van der Waals surface area contributed by atoms with E-state index in [1.54, 1.807) is 89.8 Å². The number of aromatic carboxylic acids is 1. The predicted octanol–water partition coefficient (Wildman–Crippen LogP) is 9.87. The van der Waals surface area contributed by atoms with E-state index in [0.29, 0.717) is 73.8 Å². The zero-order valence-electron chi connectivity index (χ0n) is 54.0. The number of aromatic hydroxyl groups is 1. The van der Waals surface area contributed by atoms with Crippen molar-refractivity contribution < 1.29 is 75.2 Å². The Hall–Kier alpha value is -12.8. The molecule has 0 unspecified atom stereocenters. The Labute approximate surface area is 577 Å². The fourth-order valence-corrected chi connectivity index (χ4v) is 12.5. The van der Waals surface area contributed by atoms with Crippen LogP contribution in [0.2, 0.25) is 0 Å². The van der Waals surface area contributed by atoms with Gasteiger partial charge >= 0.3 is 5.97 Å². The number of hydrogen-bond acceptors (Lipinski definition) is 16. The van der Waals surface area contributed by atoms with Gasteiger partial charge in [0.05, 0.1) is 85.8 Å². The van der Waals surface area contributed by atoms with E-state index in [1.165, 1.54) is 79.1 Å². The van der Waals surface area contributed by atoms with Crippen molar-refractivity contribution in [2.75, 3.05) is 59.0 Å². The SMILES string of the molecule is N#C[C@@H]1CC(F)(F)CN1C(=O)CNC(=O)c1ccnc2ccc(-c3ccc(OCCCN(CCCOc4ccc(-c5ccc6nccc(C(=O)NCC(=O)N7CC(F)(F)C[C@H]7C#N)c6c5)cc4)C(=O)CNC(=O)c4ccc(C(=O)O)c(-c5c6ccc(=O)cc-6oc6cc(O)ccc56)c4)cc3)cc12. The smallest absolute Gasteiger partial charge is 0.336 e. The fourth-order valence-electron chi connectivity index (χ4n) is 12.5. The lowest BCUT2D eigenvalue weighted by Gasteiger charge is -2.23. The molecule has 12 rings (SSSR count). The second kappa shape index (κ2) is 29.3. The summed E-state index contributed by atoms with van der Waals surface area (Å²) in [5.41, 5.74) is 4.50. The van der Waals surface area contributed by atoms with Crippen LogP contribution in [0.25, 0.3) is 77.5 Å². The number of carboxylic acid groups (broad SMARTS) is 1. The maximum Gasteiger partial charge on any atom is 0.336 e. The molecule has 102 heavy (non-hydrogen) atoms. The second-order valence-electron chi connectivity index (χ2n) is 24.4. The van der Waals surface area contributed by atoms with Crippen molar-refractivity contribution in [2.45, 2.75) is 49.6 Å². The summed E-state index contributed by atoms with van der Waals surface area (Å²) in [6.45, 7) is -2.93. The van der Waals surface area contributed by atoms with Gasteiger partial charge in [-0.05, 0) is 144 Å². The average Bonchev–Trinajstić information content (AvgIpc) is 1.76. The van der Waals surface area contributed by atoms with Crippen LogP contribution < -0.4 is 30.9 Å². The summed E-state index contributed by atoms with van der Waals surface area (Å²) >= 11 is 0. The van der Waals surface area contributed by atoms with Crippen molar-refractivity contribution in [2.24, 2.45) is 0 Å². The normalized spacial score (nSPS) is 15.2. The van der Waals surface area contributed by atoms with Gasteiger partial charge in [0, 0.05) is 83.3 Å². The van der Waals surface area contributed by atoms with Crippen LogP contribution in [0.5, 0.6) is 17.2 Å². The number of rotatable bonds is 23. The van der Waals surface area contributed by atoms with Gasteiger partial charge < -0.3 is 54.8 Å². The number of carbonyl (C=O) groups excluding carboxylic acids is 6. The highest BCUT2D eigenvalue weighted by molar-refractivity contribution is 6.11. The molecule has 5 heterocycles. The molecule has 23 nitrogen and oxygen atoms in total. The van der Waals surface area contributed by atoms with Crippen LogP contribution in [0.4, 0.5) is 17.6 Å². The number of nitriles is 2. The largest absolute Gasteiger partial charge is 0.508 e. The van der Waals surface area contributed by atoms with Gasteiger partial charge in [-0.3, -0.25) is 43.5 Å². The topological polar surface area (TPSA) is 328 Å².